The van der Waals surface area contributed by atoms with Gasteiger partial charge < -0.3 is 19.5 Å². The van der Waals surface area contributed by atoms with E-state index in [4.69, 9.17) is 4.74 Å². The van der Waals surface area contributed by atoms with Gasteiger partial charge in [0.25, 0.3) is 0 Å². The van der Waals surface area contributed by atoms with Gasteiger partial charge in [0.15, 0.2) is 0 Å². The van der Waals surface area contributed by atoms with Crippen LogP contribution in [-0.4, -0.2) is 51.8 Å². The summed E-state index contributed by atoms with van der Waals surface area (Å²) < 4.78 is 7.78. The highest BCUT2D eigenvalue weighted by Crippen LogP contribution is 2.20. The molecule has 7 nitrogen and oxygen atoms in total. The van der Waals surface area contributed by atoms with E-state index in [1.165, 1.54) is 0 Å². The van der Waals surface area contributed by atoms with Gasteiger partial charge in [-0.3, -0.25) is 4.79 Å². The summed E-state index contributed by atoms with van der Waals surface area (Å²) in [5, 5.41) is 10.3. The summed E-state index contributed by atoms with van der Waals surface area (Å²) in [6.07, 6.45) is 5.97. The van der Waals surface area contributed by atoms with Gasteiger partial charge in [-0.2, -0.15) is 0 Å². The molecule has 1 aromatic heterocycles. The number of carbonyl (C=O) groups is 1. The second-order valence-electron chi connectivity index (χ2n) is 6.14. The molecule has 0 radical (unpaired) electrons. The van der Waals surface area contributed by atoms with Crippen molar-refractivity contribution in [3.63, 3.8) is 0 Å². The van der Waals surface area contributed by atoms with E-state index >= 15 is 0 Å². The average Bonchev–Trinajstić information content (AvgIpc) is 3.10. The number of hydrogen-bond acceptors (Lipinski definition) is 5. The summed E-state index contributed by atoms with van der Waals surface area (Å²) in [5.74, 6) is 0.819. The molecule has 7 heteroatoms. The van der Waals surface area contributed by atoms with Crippen LogP contribution in [0.15, 0.2) is 36.9 Å². The van der Waals surface area contributed by atoms with Crippen molar-refractivity contribution in [2.45, 2.75) is 31.9 Å². The van der Waals surface area contributed by atoms with Crippen molar-refractivity contribution < 1.29 is 9.53 Å². The first-order chi connectivity index (χ1) is 11.7. The Kier molecular flexibility index (Phi) is 5.43. The van der Waals surface area contributed by atoms with Gasteiger partial charge in [-0.1, -0.05) is 0 Å². The summed E-state index contributed by atoms with van der Waals surface area (Å²) in [6, 6.07) is 7.57. The number of carbonyl (C=O) groups excluding carboxylic acids is 1. The molecule has 0 spiro atoms. The third-order valence-electron chi connectivity index (χ3n) is 4.17. The number of amides is 1. The van der Waals surface area contributed by atoms with Gasteiger partial charge in [0.05, 0.1) is 0 Å². The predicted molar refractivity (Wildman–Crippen MR) is 90.9 cm³/mol. The lowest BCUT2D eigenvalue weighted by atomic mass is 10.1. The van der Waals surface area contributed by atoms with E-state index < -0.39 is 0 Å². The molecule has 128 valence electrons. The van der Waals surface area contributed by atoms with Gasteiger partial charge in [-0.15, -0.1) is 10.2 Å². The molecule has 0 saturated carbocycles. The number of nitrogens with one attached hydrogen (secondary N) is 1. The molecule has 3 rings (SSSR count). The SMILES string of the molecule is CN1CCC(Oc2ccc(NC(=O)CCn3cnnc3)cc2)CC1. The summed E-state index contributed by atoms with van der Waals surface area (Å²) in [6.45, 7) is 2.71. The number of nitrogens with zero attached hydrogens (tertiary/aromatic N) is 4. The van der Waals surface area contributed by atoms with Gasteiger partial charge in [-0.25, -0.2) is 0 Å². The maximum Gasteiger partial charge on any atom is 0.226 e. The van der Waals surface area contributed by atoms with Crippen molar-refractivity contribution in [1.29, 1.82) is 0 Å². The van der Waals surface area contributed by atoms with E-state index in [1.54, 1.807) is 17.2 Å². The third-order valence-corrected chi connectivity index (χ3v) is 4.17. The second kappa shape index (κ2) is 7.92. The number of hydrogen-bond donors (Lipinski definition) is 1. The first kappa shape index (κ1) is 16.4. The number of rotatable bonds is 6. The fraction of sp³-hybridized carbons (Fsp3) is 0.471. The van der Waals surface area contributed by atoms with Crippen LogP contribution in [0, 0.1) is 0 Å². The number of benzene rings is 1. The lowest BCUT2D eigenvalue weighted by Gasteiger charge is -2.29. The lowest BCUT2D eigenvalue weighted by Crippen LogP contribution is -2.35. The highest BCUT2D eigenvalue weighted by molar-refractivity contribution is 5.90. The van der Waals surface area contributed by atoms with Crippen LogP contribution in [0.4, 0.5) is 5.69 Å². The molecule has 1 fully saturated rings. The highest BCUT2D eigenvalue weighted by Gasteiger charge is 2.17. The molecule has 1 aliphatic heterocycles. The summed E-state index contributed by atoms with van der Waals surface area (Å²) in [4.78, 5) is 14.3. The lowest BCUT2D eigenvalue weighted by molar-refractivity contribution is -0.116. The first-order valence-corrected chi connectivity index (χ1v) is 8.26. The average molecular weight is 329 g/mol. The maximum absolute atomic E-state index is 11.9. The molecule has 0 unspecified atom stereocenters. The van der Waals surface area contributed by atoms with Crippen LogP contribution in [0.3, 0.4) is 0 Å². The maximum atomic E-state index is 11.9. The summed E-state index contributed by atoms with van der Waals surface area (Å²) in [5.41, 5.74) is 0.777. The van der Waals surface area contributed by atoms with Crippen LogP contribution in [0.25, 0.3) is 0 Å². The van der Waals surface area contributed by atoms with E-state index in [0.29, 0.717) is 13.0 Å². The van der Waals surface area contributed by atoms with Gasteiger partial charge in [0, 0.05) is 31.7 Å². The van der Waals surface area contributed by atoms with Crippen molar-refractivity contribution in [1.82, 2.24) is 19.7 Å². The van der Waals surface area contributed by atoms with E-state index in [9.17, 15) is 4.79 Å². The number of likely N-dealkylation sites (tertiary alicyclic amines) is 1. The van der Waals surface area contributed by atoms with Crippen molar-refractivity contribution in [2.24, 2.45) is 0 Å². The molecule has 1 saturated heterocycles. The van der Waals surface area contributed by atoms with Gasteiger partial charge in [0.1, 0.15) is 24.5 Å². The van der Waals surface area contributed by atoms with Gasteiger partial charge >= 0.3 is 0 Å². The Morgan fingerprint density at radius 3 is 2.54 bits per heavy atom. The molecule has 2 aromatic rings. The number of aryl methyl sites for hydroxylation is 1. The molecule has 1 N–H and O–H groups in total. The van der Waals surface area contributed by atoms with Crippen LogP contribution in [0.2, 0.25) is 0 Å². The van der Waals surface area contributed by atoms with Crippen LogP contribution >= 0.6 is 0 Å². The molecule has 0 bridgehead atoms. The topological polar surface area (TPSA) is 72.3 Å². The smallest absolute Gasteiger partial charge is 0.226 e. The normalized spacial score (nSPS) is 16.0. The quantitative estimate of drug-likeness (QED) is 0.874. The number of aromatic nitrogens is 3. The highest BCUT2D eigenvalue weighted by atomic mass is 16.5. The fourth-order valence-electron chi connectivity index (χ4n) is 2.70. The zero-order valence-corrected chi connectivity index (χ0v) is 13.9. The number of ether oxygens (including phenoxy) is 1. The minimum absolute atomic E-state index is 0.0345. The van der Waals surface area contributed by atoms with Crippen LogP contribution in [-0.2, 0) is 11.3 Å². The van der Waals surface area contributed by atoms with Gasteiger partial charge in [-0.05, 0) is 44.2 Å². The third kappa shape index (κ3) is 4.79. The van der Waals surface area contributed by atoms with E-state index in [0.717, 1.165) is 37.4 Å². The van der Waals surface area contributed by atoms with Crippen molar-refractivity contribution in [3.8, 4) is 5.75 Å². The van der Waals surface area contributed by atoms with Crippen LogP contribution in [0.5, 0.6) is 5.75 Å². The molecule has 1 aromatic carbocycles. The first-order valence-electron chi connectivity index (χ1n) is 8.26. The molecular weight excluding hydrogens is 306 g/mol. The Balaban J connectivity index is 1.44. The number of anilines is 1. The van der Waals surface area contributed by atoms with E-state index in [2.05, 4.69) is 27.5 Å². The molecule has 0 atom stereocenters. The standard InChI is InChI=1S/C17H23N5O2/c1-21-9-6-16(7-10-21)24-15-4-2-14(3-5-15)20-17(23)8-11-22-12-18-19-13-22/h2-5,12-13,16H,6-11H2,1H3,(H,20,23). The van der Waals surface area contributed by atoms with E-state index in [-0.39, 0.29) is 12.0 Å². The zero-order valence-electron chi connectivity index (χ0n) is 13.9. The van der Waals surface area contributed by atoms with Crippen LogP contribution < -0.4 is 10.1 Å². The monoisotopic (exact) mass is 329 g/mol. The minimum atomic E-state index is -0.0345. The molecule has 1 amide bonds. The molecular formula is C17H23N5O2. The Morgan fingerprint density at radius 1 is 1.21 bits per heavy atom. The van der Waals surface area contributed by atoms with Crippen molar-refractivity contribution >= 4 is 11.6 Å². The second-order valence-corrected chi connectivity index (χ2v) is 6.14. The Labute approximate surface area is 141 Å². The Bertz CT molecular complexity index is 634. The molecule has 2 heterocycles. The molecule has 1 aliphatic rings. The summed E-state index contributed by atoms with van der Waals surface area (Å²) in [7, 11) is 2.14. The predicted octanol–water partition coefficient (Wildman–Crippen LogP) is 1.78. The Hall–Kier alpha value is -2.41. The number of piperidine rings is 1. The van der Waals surface area contributed by atoms with Crippen molar-refractivity contribution in [2.75, 3.05) is 25.5 Å². The van der Waals surface area contributed by atoms with Gasteiger partial charge in [0.2, 0.25) is 5.91 Å². The summed E-state index contributed by atoms with van der Waals surface area (Å²) >= 11 is 0. The molecule has 24 heavy (non-hydrogen) atoms. The minimum Gasteiger partial charge on any atom is -0.490 e. The molecule has 0 aliphatic carbocycles. The van der Waals surface area contributed by atoms with E-state index in [1.807, 2.05) is 24.3 Å². The fourth-order valence-corrected chi connectivity index (χ4v) is 2.70. The zero-order chi connectivity index (χ0) is 16.8. The largest absolute Gasteiger partial charge is 0.490 e. The van der Waals surface area contributed by atoms with Crippen molar-refractivity contribution in [3.05, 3.63) is 36.9 Å². The Morgan fingerprint density at radius 2 is 1.88 bits per heavy atom. The van der Waals surface area contributed by atoms with Crippen LogP contribution in [0.1, 0.15) is 19.3 Å².